The Kier molecular flexibility index (Phi) is 9.94. The molecule has 0 radical (unpaired) electrons. The van der Waals surface area contributed by atoms with Crippen LogP contribution in [0.3, 0.4) is 0 Å². The maximum Gasteiger partial charge on any atom is 0.338 e. The number of hydrogen-bond acceptors (Lipinski definition) is 13. The molecule has 0 spiro atoms. The zero-order chi connectivity index (χ0) is 39.7. The summed E-state index contributed by atoms with van der Waals surface area (Å²) in [7, 11) is 0. The number of amides is 1. The van der Waals surface area contributed by atoms with E-state index in [2.05, 4.69) is 5.32 Å². The van der Waals surface area contributed by atoms with Crippen molar-refractivity contribution in [1.29, 1.82) is 0 Å². The van der Waals surface area contributed by atoms with E-state index in [1.54, 1.807) is 79.9 Å². The van der Waals surface area contributed by atoms with Crippen LogP contribution in [0.2, 0.25) is 0 Å². The van der Waals surface area contributed by atoms with Gasteiger partial charge in [-0.05, 0) is 60.7 Å². The molecule has 3 aliphatic carbocycles. The molecule has 2 heterocycles. The summed E-state index contributed by atoms with van der Waals surface area (Å²) < 4.78 is 17.8. The van der Waals surface area contributed by atoms with Crippen molar-refractivity contribution in [3.05, 3.63) is 105 Å². The summed E-state index contributed by atoms with van der Waals surface area (Å²) in [4.78, 5) is 56.3. The summed E-state index contributed by atoms with van der Waals surface area (Å²) in [5, 5.41) is 65.1. The van der Waals surface area contributed by atoms with Crippen LogP contribution in [0, 0.1) is 16.7 Å². The molecular weight excluding hydrogens is 731 g/mol. The number of ketones is 1. The molecule has 1 aromatic heterocycles. The molecule has 55 heavy (non-hydrogen) atoms. The normalized spacial score (nSPS) is 34.7. The van der Waals surface area contributed by atoms with Crippen molar-refractivity contribution >= 4 is 35.0 Å². The number of aliphatic hydroxyl groups is 5. The molecule has 7 rings (SSSR count). The highest BCUT2D eigenvalue weighted by Crippen LogP contribution is 2.63. The van der Waals surface area contributed by atoms with Gasteiger partial charge in [-0.25, -0.2) is 9.59 Å². The van der Waals surface area contributed by atoms with Gasteiger partial charge in [0.2, 0.25) is 0 Å². The van der Waals surface area contributed by atoms with E-state index < -0.39 is 101 Å². The van der Waals surface area contributed by atoms with Crippen LogP contribution in [0.5, 0.6) is 0 Å². The number of rotatable bonds is 8. The minimum Gasteiger partial charge on any atom is -0.456 e. The Morgan fingerprint density at radius 2 is 1.56 bits per heavy atom. The molecule has 292 valence electrons. The molecule has 2 saturated carbocycles. The fraction of sp³-hybridized carbons (Fsp3) is 0.463. The van der Waals surface area contributed by atoms with Gasteiger partial charge in [0.25, 0.3) is 5.91 Å². The topological polar surface area (TPSA) is 209 Å². The van der Waals surface area contributed by atoms with Gasteiger partial charge < -0.3 is 45.1 Å². The Balaban J connectivity index is 1.31. The Hall–Kier alpha value is -4.28. The van der Waals surface area contributed by atoms with E-state index in [0.29, 0.717) is 4.88 Å². The van der Waals surface area contributed by atoms with Crippen molar-refractivity contribution in [1.82, 2.24) is 5.32 Å². The first-order valence-electron chi connectivity index (χ1n) is 18.2. The Labute approximate surface area is 321 Å². The minimum absolute atomic E-state index is 0.0302. The zero-order valence-electron chi connectivity index (χ0n) is 30.7. The van der Waals surface area contributed by atoms with Crippen LogP contribution in [-0.4, -0.2) is 104 Å². The average molecular weight is 776 g/mol. The number of benzene rings is 2. The lowest BCUT2D eigenvalue weighted by Gasteiger charge is -2.66. The number of hydrogen-bond donors (Lipinski definition) is 6. The van der Waals surface area contributed by atoms with Crippen LogP contribution >= 0.6 is 11.3 Å². The van der Waals surface area contributed by atoms with Crippen LogP contribution in [0.15, 0.2) is 89.3 Å². The molecule has 4 aliphatic rings. The van der Waals surface area contributed by atoms with Gasteiger partial charge in [-0.1, -0.05) is 56.3 Å². The lowest BCUT2D eigenvalue weighted by Crippen LogP contribution is -2.81. The first kappa shape index (κ1) is 39.0. The quantitative estimate of drug-likeness (QED) is 0.144. The van der Waals surface area contributed by atoms with Gasteiger partial charge in [0, 0.05) is 34.6 Å². The summed E-state index contributed by atoms with van der Waals surface area (Å²) in [6, 6.07) is 18.2. The molecule has 6 N–H and O–H groups in total. The number of esters is 2. The van der Waals surface area contributed by atoms with Gasteiger partial charge in [-0.3, -0.25) is 9.59 Å². The lowest BCUT2D eigenvalue weighted by molar-refractivity contribution is -0.343. The largest absolute Gasteiger partial charge is 0.456 e. The van der Waals surface area contributed by atoms with Crippen molar-refractivity contribution < 1.29 is 58.9 Å². The van der Waals surface area contributed by atoms with E-state index in [0.717, 1.165) is 0 Å². The molecule has 13 nitrogen and oxygen atoms in total. The van der Waals surface area contributed by atoms with E-state index in [1.807, 2.05) is 0 Å². The predicted molar refractivity (Wildman–Crippen MR) is 196 cm³/mol. The third-order valence-electron chi connectivity index (χ3n) is 12.6. The van der Waals surface area contributed by atoms with Gasteiger partial charge in [-0.15, -0.1) is 11.3 Å². The number of ether oxygens (including phenoxy) is 3. The van der Waals surface area contributed by atoms with E-state index in [1.165, 1.54) is 37.3 Å². The molecular formula is C41H45NO12S. The molecule has 11 atom stereocenters. The van der Waals surface area contributed by atoms with Crippen molar-refractivity contribution in [3.8, 4) is 0 Å². The van der Waals surface area contributed by atoms with Crippen LogP contribution in [0.1, 0.15) is 72.2 Å². The number of carbonyl (C=O) groups is 4. The third-order valence-corrected chi connectivity index (χ3v) is 13.6. The first-order valence-corrected chi connectivity index (χ1v) is 19.1. The summed E-state index contributed by atoms with van der Waals surface area (Å²) >= 11 is 1.19. The van der Waals surface area contributed by atoms with E-state index in [4.69, 9.17) is 14.2 Å². The Bertz CT molecular complexity index is 2000. The molecule has 1 amide bonds. The molecule has 1 aliphatic heterocycles. The van der Waals surface area contributed by atoms with Gasteiger partial charge in [0.05, 0.1) is 29.8 Å². The predicted octanol–water partition coefficient (Wildman–Crippen LogP) is 2.66. The molecule has 2 aromatic carbocycles. The molecule has 2 bridgehead atoms. The number of aliphatic hydroxyl groups excluding tert-OH is 3. The van der Waals surface area contributed by atoms with E-state index in [-0.39, 0.29) is 35.3 Å². The van der Waals surface area contributed by atoms with Crippen LogP contribution in [0.4, 0.5) is 0 Å². The van der Waals surface area contributed by atoms with Crippen molar-refractivity contribution in [2.45, 2.75) is 94.4 Å². The molecule has 3 aromatic rings. The molecule has 1 saturated heterocycles. The van der Waals surface area contributed by atoms with Crippen LogP contribution in [-0.2, 0) is 23.8 Å². The standard InChI is InChI=1S/C41H45NO12S/c1-21-24(53-37(49)31(45)29(25-16-11-17-55-25)42-35(47)22-12-7-5-8-13-22)19-41(51)34(54-36(48)23-14-9-6-10-15-23)32-39(4,26(43)18-27-40(32,50)20-52-27)33(46)30(44)28(21)38(41,2)3/h5-17,24,26-27,29-32,34,43-45,50-51H,18-20H2,1-4H3,(H,42,47)/t24?,26?,27?,29?,30?,31?,32?,34?,39-,40?,41?/m1/s1. The number of thiophene rings is 1. The highest BCUT2D eigenvalue weighted by Gasteiger charge is 2.76. The lowest BCUT2D eigenvalue weighted by atomic mass is 9.44. The SMILES string of the molecule is CC1=C2C(O)C(=O)[C@]3(C)C(O)CC4OCC4(O)C3C(OC(=O)c3ccccc3)C(O)(CC1OC(=O)C(O)C(NC(=O)c1ccccc1)c1cccs1)C2(C)C. The average Bonchev–Trinajstić information content (AvgIpc) is 3.71. The number of fused-ring (bicyclic) bond motifs is 5. The van der Waals surface area contributed by atoms with Crippen molar-refractivity contribution in [2.75, 3.05) is 6.61 Å². The summed E-state index contributed by atoms with van der Waals surface area (Å²) in [6.45, 7) is 5.73. The Morgan fingerprint density at radius 1 is 0.927 bits per heavy atom. The smallest absolute Gasteiger partial charge is 0.338 e. The second-order valence-corrected chi connectivity index (χ2v) is 16.8. The summed E-state index contributed by atoms with van der Waals surface area (Å²) in [6.07, 6.45) is -10.2. The third kappa shape index (κ3) is 6.06. The number of carbonyl (C=O) groups excluding carboxylic acids is 4. The highest BCUT2D eigenvalue weighted by molar-refractivity contribution is 7.10. The van der Waals surface area contributed by atoms with Crippen molar-refractivity contribution in [3.63, 3.8) is 0 Å². The van der Waals surface area contributed by atoms with Gasteiger partial charge in [-0.2, -0.15) is 0 Å². The second kappa shape index (κ2) is 14.0. The fourth-order valence-electron chi connectivity index (χ4n) is 9.31. The first-order chi connectivity index (χ1) is 26.0. The van der Waals surface area contributed by atoms with Gasteiger partial charge in [0.1, 0.15) is 35.6 Å². The molecule has 14 heteroatoms. The van der Waals surface area contributed by atoms with Crippen LogP contribution < -0.4 is 5.32 Å². The highest BCUT2D eigenvalue weighted by atomic mass is 32.1. The van der Waals surface area contributed by atoms with Gasteiger partial charge >= 0.3 is 11.9 Å². The molecule has 10 unspecified atom stereocenters. The monoisotopic (exact) mass is 775 g/mol. The fourth-order valence-corrected chi connectivity index (χ4v) is 10.1. The van der Waals surface area contributed by atoms with Crippen molar-refractivity contribution in [2.24, 2.45) is 16.7 Å². The maximum atomic E-state index is 14.7. The minimum atomic E-state index is -2.29. The zero-order valence-corrected chi connectivity index (χ0v) is 31.6. The second-order valence-electron chi connectivity index (χ2n) is 15.8. The van der Waals surface area contributed by atoms with E-state index >= 15 is 0 Å². The number of nitrogens with one attached hydrogen (secondary N) is 1. The summed E-state index contributed by atoms with van der Waals surface area (Å²) in [5.74, 6) is -5.03. The van der Waals surface area contributed by atoms with E-state index in [9.17, 15) is 44.7 Å². The Morgan fingerprint density at radius 3 is 2.15 bits per heavy atom. The van der Waals surface area contributed by atoms with Crippen LogP contribution in [0.25, 0.3) is 0 Å². The maximum absolute atomic E-state index is 14.7. The molecule has 3 fully saturated rings. The summed E-state index contributed by atoms with van der Waals surface area (Å²) in [5.41, 5.74) is -7.17. The number of Topliss-reactive ketones (excluding diaryl/α,β-unsaturated/α-hetero) is 1. The van der Waals surface area contributed by atoms with Gasteiger partial charge in [0.15, 0.2) is 11.9 Å².